The molecule has 3 rings (SSSR count). The van der Waals surface area contributed by atoms with Crippen LogP contribution in [0.3, 0.4) is 0 Å². The Labute approximate surface area is 179 Å². The van der Waals surface area contributed by atoms with Crippen molar-refractivity contribution in [2.24, 2.45) is 0 Å². The van der Waals surface area contributed by atoms with Gasteiger partial charge in [0.25, 0.3) is 0 Å². The fourth-order valence-electron chi connectivity index (χ4n) is 2.66. The van der Waals surface area contributed by atoms with Crippen molar-refractivity contribution in [2.75, 3.05) is 31.9 Å². The first-order chi connectivity index (χ1) is 14.6. The van der Waals surface area contributed by atoms with Crippen molar-refractivity contribution >= 4 is 23.4 Å². The van der Waals surface area contributed by atoms with E-state index >= 15 is 0 Å². The van der Waals surface area contributed by atoms with Crippen molar-refractivity contribution in [3.05, 3.63) is 54.6 Å². The van der Waals surface area contributed by atoms with Crippen LogP contribution in [0.2, 0.25) is 0 Å². The molecule has 2 aromatic carbocycles. The van der Waals surface area contributed by atoms with Crippen LogP contribution >= 0.6 is 11.8 Å². The quantitative estimate of drug-likeness (QED) is 0.512. The van der Waals surface area contributed by atoms with Gasteiger partial charge < -0.3 is 19.5 Å². The van der Waals surface area contributed by atoms with E-state index in [0.717, 1.165) is 17.0 Å². The van der Waals surface area contributed by atoms with E-state index in [1.165, 1.54) is 11.8 Å². The summed E-state index contributed by atoms with van der Waals surface area (Å²) in [5, 5.41) is 12.0. The predicted molar refractivity (Wildman–Crippen MR) is 118 cm³/mol. The van der Waals surface area contributed by atoms with Gasteiger partial charge >= 0.3 is 0 Å². The first-order valence-electron chi connectivity index (χ1n) is 9.34. The summed E-state index contributed by atoms with van der Waals surface area (Å²) in [6, 6.07) is 16.6. The smallest absolute Gasteiger partial charge is 0.234 e. The zero-order chi connectivity index (χ0) is 21.3. The highest BCUT2D eigenvalue weighted by Gasteiger charge is 2.09. The van der Waals surface area contributed by atoms with Gasteiger partial charge in [0.1, 0.15) is 22.3 Å². The molecule has 7 nitrogen and oxygen atoms in total. The summed E-state index contributed by atoms with van der Waals surface area (Å²) >= 11 is 1.31. The number of benzene rings is 2. The second-order valence-electron chi connectivity index (χ2n) is 6.15. The third-order valence-electron chi connectivity index (χ3n) is 4.09. The molecule has 0 unspecified atom stereocenters. The molecule has 0 bridgehead atoms. The number of anilines is 1. The Morgan fingerprint density at radius 1 is 0.933 bits per heavy atom. The van der Waals surface area contributed by atoms with Gasteiger partial charge in [0, 0.05) is 29.4 Å². The maximum atomic E-state index is 12.3. The van der Waals surface area contributed by atoms with Crippen molar-refractivity contribution in [1.82, 2.24) is 10.2 Å². The van der Waals surface area contributed by atoms with Crippen LogP contribution in [0.4, 0.5) is 5.69 Å². The molecule has 0 aliphatic heterocycles. The third kappa shape index (κ3) is 5.87. The Balaban J connectivity index is 1.56. The van der Waals surface area contributed by atoms with Gasteiger partial charge in [-0.1, -0.05) is 11.8 Å². The largest absolute Gasteiger partial charge is 0.497 e. The summed E-state index contributed by atoms with van der Waals surface area (Å²) in [5.74, 6) is 2.08. The zero-order valence-corrected chi connectivity index (χ0v) is 17.9. The van der Waals surface area contributed by atoms with Crippen LogP contribution in [-0.2, 0) is 4.79 Å². The average molecular weight is 426 g/mol. The van der Waals surface area contributed by atoms with Crippen molar-refractivity contribution in [1.29, 1.82) is 0 Å². The first kappa shape index (κ1) is 21.4. The molecule has 0 spiro atoms. The Morgan fingerprint density at radius 2 is 1.63 bits per heavy atom. The zero-order valence-electron chi connectivity index (χ0n) is 17.0. The molecule has 1 N–H and O–H groups in total. The number of hydrogen-bond acceptors (Lipinski definition) is 7. The molecule has 0 saturated heterocycles. The summed E-state index contributed by atoms with van der Waals surface area (Å²) in [6.07, 6.45) is 0. The van der Waals surface area contributed by atoms with Crippen molar-refractivity contribution in [3.63, 3.8) is 0 Å². The highest BCUT2D eigenvalue weighted by molar-refractivity contribution is 7.99. The van der Waals surface area contributed by atoms with Crippen LogP contribution < -0.4 is 19.5 Å². The summed E-state index contributed by atoms with van der Waals surface area (Å²) in [4.78, 5) is 12.3. The number of nitrogens with zero attached hydrogens (tertiary/aromatic N) is 2. The van der Waals surface area contributed by atoms with Crippen molar-refractivity contribution < 1.29 is 19.0 Å². The number of rotatable bonds is 9. The predicted octanol–water partition coefficient (Wildman–Crippen LogP) is 4.29. The van der Waals surface area contributed by atoms with Crippen molar-refractivity contribution in [2.45, 2.75) is 11.9 Å². The lowest BCUT2D eigenvalue weighted by Gasteiger charge is -2.09. The van der Waals surface area contributed by atoms with E-state index in [1.54, 1.807) is 32.4 Å². The Hall–Kier alpha value is -3.26. The Bertz CT molecular complexity index is 956. The summed E-state index contributed by atoms with van der Waals surface area (Å²) in [7, 11) is 3.12. The SMILES string of the molecule is CCOc1ccc(-c2ccc(SCC(=O)Nc3cc(OC)cc(OC)c3)nn2)cc1. The average Bonchev–Trinajstić information content (AvgIpc) is 2.78. The van der Waals surface area contributed by atoms with Crippen LogP contribution in [0.15, 0.2) is 59.6 Å². The van der Waals surface area contributed by atoms with Crippen LogP contribution in [0.1, 0.15) is 6.92 Å². The number of carbonyl (C=O) groups is 1. The summed E-state index contributed by atoms with van der Waals surface area (Å²) in [6.45, 7) is 2.58. The van der Waals surface area contributed by atoms with Crippen molar-refractivity contribution in [3.8, 4) is 28.5 Å². The van der Waals surface area contributed by atoms with Crippen LogP contribution in [0.25, 0.3) is 11.3 Å². The molecule has 0 fully saturated rings. The van der Waals surface area contributed by atoms with E-state index in [0.29, 0.717) is 28.8 Å². The number of thioether (sulfide) groups is 1. The van der Waals surface area contributed by atoms with E-state index in [-0.39, 0.29) is 11.7 Å². The van der Waals surface area contributed by atoms with E-state index in [2.05, 4.69) is 15.5 Å². The molecule has 8 heteroatoms. The van der Waals surface area contributed by atoms with E-state index in [4.69, 9.17) is 14.2 Å². The molecule has 3 aromatic rings. The number of nitrogens with one attached hydrogen (secondary N) is 1. The molecule has 1 aromatic heterocycles. The molecule has 0 atom stereocenters. The number of carbonyl (C=O) groups excluding carboxylic acids is 1. The van der Waals surface area contributed by atoms with Gasteiger partial charge in [0.05, 0.1) is 32.3 Å². The maximum Gasteiger partial charge on any atom is 0.234 e. The lowest BCUT2D eigenvalue weighted by Crippen LogP contribution is -2.14. The molecule has 1 heterocycles. The lowest BCUT2D eigenvalue weighted by molar-refractivity contribution is -0.113. The summed E-state index contributed by atoms with van der Waals surface area (Å²) < 4.78 is 15.9. The molecule has 30 heavy (non-hydrogen) atoms. The molecule has 156 valence electrons. The number of amides is 1. The van der Waals surface area contributed by atoms with Gasteiger partial charge in [0.15, 0.2) is 0 Å². The fourth-order valence-corrected chi connectivity index (χ4v) is 3.27. The van der Waals surface area contributed by atoms with Crippen LogP contribution in [-0.4, -0.2) is 42.7 Å². The Morgan fingerprint density at radius 3 is 2.20 bits per heavy atom. The second kappa shape index (κ2) is 10.5. The minimum absolute atomic E-state index is 0.160. The first-order valence-corrected chi connectivity index (χ1v) is 10.3. The number of methoxy groups -OCH3 is 2. The molecule has 0 saturated carbocycles. The standard InChI is InChI=1S/C22H23N3O4S/c1-4-29-17-7-5-15(6-8-17)20-9-10-22(25-24-20)30-14-21(26)23-16-11-18(27-2)13-19(12-16)28-3/h5-13H,4,14H2,1-3H3,(H,23,26). The second-order valence-corrected chi connectivity index (χ2v) is 7.15. The highest BCUT2D eigenvalue weighted by atomic mass is 32.2. The molecule has 0 radical (unpaired) electrons. The number of hydrogen-bond donors (Lipinski definition) is 1. The van der Waals surface area contributed by atoms with Crippen LogP contribution in [0, 0.1) is 0 Å². The monoisotopic (exact) mass is 425 g/mol. The number of aromatic nitrogens is 2. The topological polar surface area (TPSA) is 82.6 Å². The van der Waals surface area contributed by atoms with E-state index in [9.17, 15) is 4.79 Å². The maximum absolute atomic E-state index is 12.3. The third-order valence-corrected chi connectivity index (χ3v) is 5.01. The molecular weight excluding hydrogens is 402 g/mol. The van der Waals surface area contributed by atoms with Gasteiger partial charge in [-0.3, -0.25) is 4.79 Å². The minimum atomic E-state index is -0.160. The molecule has 1 amide bonds. The van der Waals surface area contributed by atoms with E-state index in [1.807, 2.05) is 43.3 Å². The molecule has 0 aliphatic carbocycles. The highest BCUT2D eigenvalue weighted by Crippen LogP contribution is 2.26. The molecular formula is C22H23N3O4S. The van der Waals surface area contributed by atoms with E-state index < -0.39 is 0 Å². The lowest BCUT2D eigenvalue weighted by atomic mass is 10.1. The van der Waals surface area contributed by atoms with Gasteiger partial charge in [0.2, 0.25) is 5.91 Å². The fraction of sp³-hybridized carbons (Fsp3) is 0.227. The molecule has 0 aliphatic rings. The van der Waals surface area contributed by atoms with Gasteiger partial charge in [-0.25, -0.2) is 0 Å². The van der Waals surface area contributed by atoms with Gasteiger partial charge in [-0.05, 0) is 43.3 Å². The van der Waals surface area contributed by atoms with Gasteiger partial charge in [-0.2, -0.15) is 0 Å². The summed E-state index contributed by atoms with van der Waals surface area (Å²) in [5.41, 5.74) is 2.32. The normalized spacial score (nSPS) is 10.4. The number of ether oxygens (including phenoxy) is 3. The Kier molecular flexibility index (Phi) is 7.51. The van der Waals surface area contributed by atoms with Gasteiger partial charge in [-0.15, -0.1) is 10.2 Å². The minimum Gasteiger partial charge on any atom is -0.497 e. The van der Waals surface area contributed by atoms with Crippen LogP contribution in [0.5, 0.6) is 17.2 Å².